The Morgan fingerprint density at radius 3 is 2.61 bits per heavy atom. The number of aliphatic carboxylic acids is 1. The Bertz CT molecular complexity index is 724. The van der Waals surface area contributed by atoms with E-state index < -0.39 is 17.9 Å². The van der Waals surface area contributed by atoms with Gasteiger partial charge in [-0.1, -0.05) is 38.1 Å². The normalized spacial score (nSPS) is 20.7. The van der Waals surface area contributed by atoms with Crippen LogP contribution in [0.3, 0.4) is 0 Å². The first kappa shape index (κ1) is 15.7. The molecule has 0 radical (unpaired) electrons. The highest BCUT2D eigenvalue weighted by molar-refractivity contribution is 7.10. The van der Waals surface area contributed by atoms with Crippen LogP contribution in [0.15, 0.2) is 41.8 Å². The molecule has 2 aromatic rings. The van der Waals surface area contributed by atoms with Gasteiger partial charge >= 0.3 is 5.97 Å². The van der Waals surface area contributed by atoms with Crippen LogP contribution >= 0.6 is 11.3 Å². The predicted octanol–water partition coefficient (Wildman–Crippen LogP) is 3.77. The van der Waals surface area contributed by atoms with Gasteiger partial charge in [0.1, 0.15) is 5.92 Å². The van der Waals surface area contributed by atoms with Crippen LogP contribution in [0.2, 0.25) is 0 Å². The van der Waals surface area contributed by atoms with Crippen LogP contribution < -0.4 is 0 Å². The maximum Gasteiger partial charge on any atom is 0.313 e. The molecule has 5 heteroatoms. The molecule has 0 unspecified atom stereocenters. The van der Waals surface area contributed by atoms with Crippen LogP contribution in [0.1, 0.15) is 46.6 Å². The van der Waals surface area contributed by atoms with E-state index in [9.17, 15) is 14.7 Å². The molecular weight excluding hydrogens is 310 g/mol. The summed E-state index contributed by atoms with van der Waals surface area (Å²) in [5.41, 5.74) is 1.12. The lowest BCUT2D eigenvalue weighted by atomic mass is 9.82. The summed E-state index contributed by atoms with van der Waals surface area (Å²) in [7, 11) is 0. The van der Waals surface area contributed by atoms with E-state index in [0.29, 0.717) is 17.7 Å². The van der Waals surface area contributed by atoms with Gasteiger partial charge in [-0.3, -0.25) is 9.59 Å². The van der Waals surface area contributed by atoms with Crippen molar-refractivity contribution in [3.63, 3.8) is 0 Å². The zero-order chi connectivity index (χ0) is 16.6. The van der Waals surface area contributed by atoms with E-state index >= 15 is 0 Å². The Balaban J connectivity index is 2.19. The molecule has 0 aliphatic carbocycles. The molecule has 1 N–H and O–H groups in total. The van der Waals surface area contributed by atoms with Crippen molar-refractivity contribution in [3.8, 4) is 0 Å². The summed E-state index contributed by atoms with van der Waals surface area (Å²) in [4.78, 5) is 27.6. The van der Waals surface area contributed by atoms with Gasteiger partial charge in [0, 0.05) is 17.0 Å². The second-order valence-electron chi connectivity index (χ2n) is 6.21. The first-order chi connectivity index (χ1) is 11.0. The number of carbonyl (C=O) groups is 2. The molecule has 3 rings (SSSR count). The first-order valence-electron chi connectivity index (χ1n) is 7.66. The smallest absolute Gasteiger partial charge is 0.313 e. The van der Waals surface area contributed by atoms with Crippen LogP contribution in [0, 0.1) is 5.92 Å². The fraction of sp³-hybridized carbons (Fsp3) is 0.333. The molecule has 1 aliphatic rings. The zero-order valence-corrected chi connectivity index (χ0v) is 13.9. The van der Waals surface area contributed by atoms with Crippen LogP contribution in [-0.2, 0) is 4.79 Å². The average Bonchev–Trinajstić information content (AvgIpc) is 3.03. The Hall–Kier alpha value is -2.14. The molecular formula is C18H19NO3S. The molecule has 0 saturated heterocycles. The fourth-order valence-corrected chi connectivity index (χ4v) is 4.10. The number of thiophene rings is 1. The largest absolute Gasteiger partial charge is 0.481 e. The molecule has 0 fully saturated rings. The highest BCUT2D eigenvalue weighted by Gasteiger charge is 2.44. The van der Waals surface area contributed by atoms with Crippen LogP contribution in [0.5, 0.6) is 0 Å². The van der Waals surface area contributed by atoms with E-state index in [1.807, 2.05) is 31.4 Å². The summed E-state index contributed by atoms with van der Waals surface area (Å²) in [6, 6.07) is 10.4. The number of hydrogen-bond donors (Lipinski definition) is 1. The van der Waals surface area contributed by atoms with Gasteiger partial charge in [0.2, 0.25) is 0 Å². The summed E-state index contributed by atoms with van der Waals surface area (Å²) in [5.74, 6) is -1.44. The maximum absolute atomic E-state index is 13.0. The number of hydrogen-bond acceptors (Lipinski definition) is 3. The number of rotatable bonds is 4. The van der Waals surface area contributed by atoms with Gasteiger partial charge < -0.3 is 10.0 Å². The van der Waals surface area contributed by atoms with Crippen molar-refractivity contribution in [1.82, 2.24) is 4.90 Å². The molecule has 2 heterocycles. The van der Waals surface area contributed by atoms with Gasteiger partial charge in [0.05, 0.1) is 6.04 Å². The SMILES string of the molecule is CC(C)CN1C(=O)c2ccccc2[C@H](C(=O)O)[C@H]1c1cccs1. The molecule has 23 heavy (non-hydrogen) atoms. The average molecular weight is 329 g/mol. The van der Waals surface area contributed by atoms with Gasteiger partial charge in [0.25, 0.3) is 5.91 Å². The lowest BCUT2D eigenvalue weighted by Crippen LogP contribution is -2.46. The Morgan fingerprint density at radius 2 is 2.00 bits per heavy atom. The maximum atomic E-state index is 13.0. The highest BCUT2D eigenvalue weighted by Crippen LogP contribution is 2.44. The third-order valence-electron chi connectivity index (χ3n) is 4.10. The van der Waals surface area contributed by atoms with Crippen molar-refractivity contribution in [2.24, 2.45) is 5.92 Å². The molecule has 0 spiro atoms. The quantitative estimate of drug-likeness (QED) is 0.929. The second-order valence-corrected chi connectivity index (χ2v) is 7.19. The summed E-state index contributed by atoms with van der Waals surface area (Å²) in [6.07, 6.45) is 0. The Morgan fingerprint density at radius 1 is 1.26 bits per heavy atom. The topological polar surface area (TPSA) is 57.6 Å². The molecule has 1 amide bonds. The van der Waals surface area contributed by atoms with E-state index in [4.69, 9.17) is 0 Å². The molecule has 1 aromatic heterocycles. The van der Waals surface area contributed by atoms with Crippen LogP contribution in [0.25, 0.3) is 0 Å². The van der Waals surface area contributed by atoms with E-state index in [1.54, 1.807) is 29.2 Å². The second kappa shape index (κ2) is 6.16. The molecule has 4 nitrogen and oxygen atoms in total. The van der Waals surface area contributed by atoms with Crippen molar-refractivity contribution < 1.29 is 14.7 Å². The molecule has 2 atom stereocenters. The summed E-state index contributed by atoms with van der Waals surface area (Å²) < 4.78 is 0. The number of carboxylic acids is 1. The van der Waals surface area contributed by atoms with E-state index in [-0.39, 0.29) is 11.8 Å². The number of amides is 1. The molecule has 1 aliphatic heterocycles. The lowest BCUT2D eigenvalue weighted by Gasteiger charge is -2.41. The number of fused-ring (bicyclic) bond motifs is 1. The van der Waals surface area contributed by atoms with Crippen LogP contribution in [-0.4, -0.2) is 28.4 Å². The van der Waals surface area contributed by atoms with E-state index in [2.05, 4.69) is 0 Å². The molecule has 0 bridgehead atoms. The number of carboxylic acid groups (broad SMARTS) is 1. The fourth-order valence-electron chi connectivity index (χ4n) is 3.23. The van der Waals surface area contributed by atoms with Crippen molar-refractivity contribution in [3.05, 3.63) is 57.8 Å². The lowest BCUT2D eigenvalue weighted by molar-refractivity contribution is -0.140. The van der Waals surface area contributed by atoms with Crippen molar-refractivity contribution in [1.29, 1.82) is 0 Å². The third kappa shape index (κ3) is 2.77. The standard InChI is InChI=1S/C18H19NO3S/c1-11(2)10-19-16(14-8-5-9-23-14)15(18(21)22)12-6-3-4-7-13(12)17(19)20/h3-9,11,15-16H,10H2,1-2H3,(H,21,22)/t15-,16+/m0/s1. The van der Waals surface area contributed by atoms with Gasteiger partial charge in [0.15, 0.2) is 0 Å². The van der Waals surface area contributed by atoms with Crippen LogP contribution in [0.4, 0.5) is 0 Å². The Kier molecular flexibility index (Phi) is 4.22. The van der Waals surface area contributed by atoms with Gasteiger partial charge in [-0.2, -0.15) is 0 Å². The number of benzene rings is 1. The minimum absolute atomic E-state index is 0.0785. The Labute approximate surface area is 139 Å². The highest BCUT2D eigenvalue weighted by atomic mass is 32.1. The minimum atomic E-state index is -0.892. The van der Waals surface area contributed by atoms with E-state index in [0.717, 1.165) is 4.88 Å². The predicted molar refractivity (Wildman–Crippen MR) is 89.8 cm³/mol. The minimum Gasteiger partial charge on any atom is -0.481 e. The van der Waals surface area contributed by atoms with E-state index in [1.165, 1.54) is 11.3 Å². The van der Waals surface area contributed by atoms with Gasteiger partial charge in [-0.25, -0.2) is 0 Å². The third-order valence-corrected chi connectivity index (χ3v) is 5.04. The van der Waals surface area contributed by atoms with Crippen molar-refractivity contribution in [2.75, 3.05) is 6.54 Å². The number of nitrogens with zero attached hydrogens (tertiary/aromatic N) is 1. The summed E-state index contributed by atoms with van der Waals surface area (Å²) in [6.45, 7) is 4.61. The molecule has 0 saturated carbocycles. The number of carbonyl (C=O) groups excluding carboxylic acids is 1. The summed E-state index contributed by atoms with van der Waals surface area (Å²) >= 11 is 1.50. The van der Waals surface area contributed by atoms with Gasteiger partial charge in [-0.15, -0.1) is 11.3 Å². The molecule has 120 valence electrons. The zero-order valence-electron chi connectivity index (χ0n) is 13.1. The van der Waals surface area contributed by atoms with Crippen molar-refractivity contribution in [2.45, 2.75) is 25.8 Å². The summed E-state index contributed by atoms with van der Waals surface area (Å²) in [5, 5.41) is 11.8. The first-order valence-corrected chi connectivity index (χ1v) is 8.54. The molecule has 1 aromatic carbocycles. The monoisotopic (exact) mass is 329 g/mol. The van der Waals surface area contributed by atoms with Gasteiger partial charge in [-0.05, 0) is 29.0 Å². The van der Waals surface area contributed by atoms with Crippen molar-refractivity contribution >= 4 is 23.2 Å².